The van der Waals surface area contributed by atoms with E-state index in [9.17, 15) is 43.2 Å². The number of hydrogen-bond donors (Lipinski definition) is 3. The molecule has 0 fully saturated rings. The van der Waals surface area contributed by atoms with Crippen LogP contribution in [-0.4, -0.2) is 96.7 Å². The van der Waals surface area contributed by atoms with E-state index < -0.39 is 97.5 Å². The largest absolute Gasteiger partial charge is 0.472 e. The molecule has 0 bridgehead atoms. The number of aliphatic hydroxyl groups is 1. The minimum atomic E-state index is -4.93. The molecule has 0 aliphatic carbocycles. The van der Waals surface area contributed by atoms with Crippen LogP contribution in [-0.2, 0) is 65.4 Å². The topological polar surface area (TPSA) is 237 Å². The number of aliphatic hydroxyl groups excluding tert-OH is 1. The van der Waals surface area contributed by atoms with Gasteiger partial charge in [-0.3, -0.25) is 37.3 Å². The Labute approximate surface area is 467 Å². The number of carbonyl (C=O) groups is 4. The summed E-state index contributed by atoms with van der Waals surface area (Å²) in [7, 11) is -9.85. The molecule has 0 aromatic rings. The van der Waals surface area contributed by atoms with Crippen molar-refractivity contribution in [2.45, 2.75) is 303 Å². The molecule has 0 amide bonds. The van der Waals surface area contributed by atoms with Crippen LogP contribution in [0.2, 0.25) is 0 Å². The van der Waals surface area contributed by atoms with Crippen LogP contribution in [0, 0.1) is 5.92 Å². The van der Waals surface area contributed by atoms with Gasteiger partial charge < -0.3 is 33.8 Å². The summed E-state index contributed by atoms with van der Waals surface area (Å²) in [5.41, 5.74) is 0. The standard InChI is InChI=1S/C58H112O17P2/c1-6-9-12-15-16-24-28-33-37-42-56(61)69-48-54(75-58(63)44-39-34-29-26-23-21-19-17-18-20-22-25-27-32-35-40-51(4)5)50-73-77(66,67)71-46-52(59)45-70-76(64,65)72-49-53(74-57(62)43-38-31-14-11-8-3)47-68-55(60)41-36-30-13-10-7-2/h51-54,59H,6-50H2,1-5H3,(H,64,65)(H,66,67)/t52-,53+,54+/m0/s1. The lowest BCUT2D eigenvalue weighted by molar-refractivity contribution is -0.161. The van der Waals surface area contributed by atoms with Gasteiger partial charge in [0, 0.05) is 25.7 Å². The van der Waals surface area contributed by atoms with Crippen molar-refractivity contribution in [2.24, 2.45) is 5.92 Å². The molecule has 0 spiro atoms. The number of phosphoric ester groups is 2. The predicted molar refractivity (Wildman–Crippen MR) is 303 cm³/mol. The fourth-order valence-corrected chi connectivity index (χ4v) is 10.1. The average molecular weight is 1140 g/mol. The zero-order valence-electron chi connectivity index (χ0n) is 49.1. The third-order valence-corrected chi connectivity index (χ3v) is 15.2. The molecule has 0 aliphatic heterocycles. The predicted octanol–water partition coefficient (Wildman–Crippen LogP) is 15.5. The summed E-state index contributed by atoms with van der Waals surface area (Å²) >= 11 is 0. The minimum absolute atomic E-state index is 0.0988. The average Bonchev–Trinajstić information content (AvgIpc) is 3.39. The zero-order chi connectivity index (χ0) is 57.1. The number of hydrogen-bond acceptors (Lipinski definition) is 15. The summed E-state index contributed by atoms with van der Waals surface area (Å²) in [6, 6.07) is 0. The van der Waals surface area contributed by atoms with Gasteiger partial charge in [0.15, 0.2) is 12.2 Å². The summed E-state index contributed by atoms with van der Waals surface area (Å²) in [5.74, 6) is -1.36. The molecular weight excluding hydrogens is 1030 g/mol. The first-order chi connectivity index (χ1) is 37.0. The number of rotatable bonds is 58. The van der Waals surface area contributed by atoms with Gasteiger partial charge in [-0.1, -0.05) is 234 Å². The lowest BCUT2D eigenvalue weighted by Crippen LogP contribution is -2.30. The number of phosphoric acid groups is 2. The van der Waals surface area contributed by atoms with Gasteiger partial charge in [-0.05, 0) is 31.6 Å². The number of esters is 4. The van der Waals surface area contributed by atoms with Crippen molar-refractivity contribution in [3.05, 3.63) is 0 Å². The van der Waals surface area contributed by atoms with Crippen LogP contribution in [0.25, 0.3) is 0 Å². The molecule has 3 N–H and O–H groups in total. The molecule has 0 saturated heterocycles. The van der Waals surface area contributed by atoms with Crippen LogP contribution in [0.4, 0.5) is 0 Å². The van der Waals surface area contributed by atoms with Crippen LogP contribution < -0.4 is 0 Å². The van der Waals surface area contributed by atoms with E-state index in [1.807, 2.05) is 0 Å². The lowest BCUT2D eigenvalue weighted by Gasteiger charge is -2.21. The van der Waals surface area contributed by atoms with Crippen LogP contribution in [0.3, 0.4) is 0 Å². The van der Waals surface area contributed by atoms with Crippen molar-refractivity contribution in [2.75, 3.05) is 39.6 Å². The Morgan fingerprint density at radius 3 is 0.883 bits per heavy atom. The zero-order valence-corrected chi connectivity index (χ0v) is 50.9. The second kappa shape index (κ2) is 52.2. The molecule has 456 valence electrons. The molecule has 0 saturated carbocycles. The minimum Gasteiger partial charge on any atom is -0.462 e. The van der Waals surface area contributed by atoms with Gasteiger partial charge in [0.2, 0.25) is 0 Å². The van der Waals surface area contributed by atoms with Gasteiger partial charge in [-0.15, -0.1) is 0 Å². The molecule has 0 aromatic heterocycles. The highest BCUT2D eigenvalue weighted by molar-refractivity contribution is 7.47. The Morgan fingerprint density at radius 2 is 0.597 bits per heavy atom. The van der Waals surface area contributed by atoms with E-state index in [0.29, 0.717) is 25.7 Å². The molecule has 0 rings (SSSR count). The SMILES string of the molecule is CCCCCCCCCCCC(=O)OC[C@H](COP(=O)(O)OC[C@@H](O)COP(=O)(O)OC[C@@H](COC(=O)CCCCCCC)OC(=O)CCCCCCC)OC(=O)CCCCCCCCCCCCCCCCCC(C)C. The maximum Gasteiger partial charge on any atom is 0.472 e. The number of ether oxygens (including phenoxy) is 4. The molecule has 0 radical (unpaired) electrons. The van der Waals surface area contributed by atoms with Crippen molar-refractivity contribution in [1.29, 1.82) is 0 Å². The van der Waals surface area contributed by atoms with Crippen LogP contribution in [0.5, 0.6) is 0 Å². The molecule has 0 aromatic carbocycles. The smallest absolute Gasteiger partial charge is 0.462 e. The number of carbonyl (C=O) groups excluding carboxylic acids is 4. The van der Waals surface area contributed by atoms with Crippen LogP contribution in [0.15, 0.2) is 0 Å². The number of unbranched alkanes of at least 4 members (excludes halogenated alkanes) is 30. The molecule has 77 heavy (non-hydrogen) atoms. The first kappa shape index (κ1) is 75.1. The molecule has 2 unspecified atom stereocenters. The molecule has 0 aliphatic rings. The van der Waals surface area contributed by atoms with Crippen LogP contribution in [0.1, 0.15) is 285 Å². The maximum absolute atomic E-state index is 12.9. The normalized spacial score (nSPS) is 14.4. The van der Waals surface area contributed by atoms with Gasteiger partial charge in [0.25, 0.3) is 0 Å². The van der Waals surface area contributed by atoms with E-state index in [1.165, 1.54) is 103 Å². The van der Waals surface area contributed by atoms with Crippen molar-refractivity contribution in [1.82, 2.24) is 0 Å². The Balaban J connectivity index is 5.06. The summed E-state index contributed by atoms with van der Waals surface area (Å²) < 4.78 is 67.3. The first-order valence-corrected chi connectivity index (χ1v) is 33.6. The second-order valence-electron chi connectivity index (χ2n) is 21.5. The third kappa shape index (κ3) is 53.2. The quantitative estimate of drug-likeness (QED) is 0.0222. The van der Waals surface area contributed by atoms with E-state index >= 15 is 0 Å². The fraction of sp³-hybridized carbons (Fsp3) is 0.931. The van der Waals surface area contributed by atoms with E-state index in [0.717, 1.165) is 102 Å². The van der Waals surface area contributed by atoms with Gasteiger partial charge in [0.1, 0.15) is 19.3 Å². The van der Waals surface area contributed by atoms with Crippen LogP contribution >= 0.6 is 15.6 Å². The molecular formula is C58H112O17P2. The maximum atomic E-state index is 12.9. The fourth-order valence-electron chi connectivity index (χ4n) is 8.52. The summed E-state index contributed by atoms with van der Waals surface area (Å²) in [4.78, 5) is 71.3. The highest BCUT2D eigenvalue weighted by Crippen LogP contribution is 2.45. The van der Waals surface area contributed by atoms with Gasteiger partial charge in [0.05, 0.1) is 26.4 Å². The van der Waals surface area contributed by atoms with E-state index in [1.54, 1.807) is 0 Å². The Morgan fingerprint density at radius 1 is 0.351 bits per heavy atom. The van der Waals surface area contributed by atoms with Crippen molar-refractivity contribution >= 4 is 39.5 Å². The highest BCUT2D eigenvalue weighted by Gasteiger charge is 2.30. The first-order valence-electron chi connectivity index (χ1n) is 30.6. The molecule has 17 nitrogen and oxygen atoms in total. The van der Waals surface area contributed by atoms with E-state index in [-0.39, 0.29) is 25.7 Å². The summed E-state index contributed by atoms with van der Waals surface area (Å²) in [5, 5.41) is 10.4. The van der Waals surface area contributed by atoms with Gasteiger partial charge in [-0.25, -0.2) is 9.13 Å². The monoisotopic (exact) mass is 1140 g/mol. The second-order valence-corrected chi connectivity index (χ2v) is 24.4. The van der Waals surface area contributed by atoms with E-state index in [2.05, 4.69) is 34.6 Å². The van der Waals surface area contributed by atoms with Crippen molar-refractivity contribution in [3.63, 3.8) is 0 Å². The molecule has 19 heteroatoms. The molecule has 5 atom stereocenters. The van der Waals surface area contributed by atoms with Crippen molar-refractivity contribution in [3.8, 4) is 0 Å². The third-order valence-electron chi connectivity index (χ3n) is 13.3. The lowest BCUT2D eigenvalue weighted by atomic mass is 10.0. The summed E-state index contributed by atoms with van der Waals surface area (Å²) in [6.45, 7) is 6.97. The molecule has 0 heterocycles. The van der Waals surface area contributed by atoms with E-state index in [4.69, 9.17) is 37.0 Å². The Bertz CT molecular complexity index is 1520. The van der Waals surface area contributed by atoms with Gasteiger partial charge >= 0.3 is 39.5 Å². The highest BCUT2D eigenvalue weighted by atomic mass is 31.2. The van der Waals surface area contributed by atoms with Crippen molar-refractivity contribution < 1.29 is 80.2 Å². The Kier molecular flexibility index (Phi) is 50.8. The summed E-state index contributed by atoms with van der Waals surface area (Å²) in [6.07, 6.45) is 34.3. The Hall–Kier alpha value is -1.94. The van der Waals surface area contributed by atoms with Gasteiger partial charge in [-0.2, -0.15) is 0 Å².